The molecule has 4 rings (SSSR count). The Morgan fingerprint density at radius 2 is 1.84 bits per heavy atom. The second kappa shape index (κ2) is 8.19. The largest absolute Gasteiger partial charge is 0.451 e. The first kappa shape index (κ1) is 22.2. The summed E-state index contributed by atoms with van der Waals surface area (Å²) in [4.78, 5) is 13.0. The summed E-state index contributed by atoms with van der Waals surface area (Å²) in [6.45, 7) is 7.50. The van der Waals surface area contributed by atoms with E-state index in [0.29, 0.717) is 16.1 Å². The first-order valence-corrected chi connectivity index (χ1v) is 10.6. The van der Waals surface area contributed by atoms with Crippen LogP contribution in [0.2, 0.25) is 5.02 Å². The summed E-state index contributed by atoms with van der Waals surface area (Å²) < 4.78 is 30.2. The van der Waals surface area contributed by atoms with E-state index < -0.39 is 42.0 Å². The fourth-order valence-electron chi connectivity index (χ4n) is 4.33. The van der Waals surface area contributed by atoms with Crippen molar-refractivity contribution in [3.8, 4) is 0 Å². The van der Waals surface area contributed by atoms with Gasteiger partial charge < -0.3 is 23.7 Å². The Hall–Kier alpha value is -1.96. The van der Waals surface area contributed by atoms with E-state index in [-0.39, 0.29) is 0 Å². The minimum Gasteiger partial charge on any atom is -0.451 e. The highest BCUT2D eigenvalue weighted by Crippen LogP contribution is 2.51. The van der Waals surface area contributed by atoms with Crippen LogP contribution in [0.4, 0.5) is 0 Å². The molecule has 2 fully saturated rings. The lowest BCUT2D eigenvalue weighted by Gasteiger charge is -2.34. The third kappa shape index (κ3) is 4.11. The summed E-state index contributed by atoms with van der Waals surface area (Å²) >= 11 is 6.40. The third-order valence-corrected chi connectivity index (χ3v) is 6.22. The van der Waals surface area contributed by atoms with Crippen molar-refractivity contribution in [2.24, 2.45) is 0 Å². The summed E-state index contributed by atoms with van der Waals surface area (Å²) in [6.07, 6.45) is -2.64. The Bertz CT molecular complexity index is 962. The summed E-state index contributed by atoms with van der Waals surface area (Å²) in [7, 11) is 1.55. The molecule has 0 amide bonds. The van der Waals surface area contributed by atoms with Gasteiger partial charge in [0.15, 0.2) is 18.2 Å². The lowest BCUT2D eigenvalue weighted by molar-refractivity contribution is -0.246. The number of rotatable bonds is 5. The summed E-state index contributed by atoms with van der Waals surface area (Å²) in [5.41, 5.74) is 1.15. The Morgan fingerprint density at radius 3 is 2.48 bits per heavy atom. The van der Waals surface area contributed by atoms with E-state index in [0.717, 1.165) is 5.56 Å². The molecule has 0 radical (unpaired) electrons. The number of hydrogen-bond donors (Lipinski definition) is 0. The van der Waals surface area contributed by atoms with Gasteiger partial charge in [0, 0.05) is 12.1 Å². The number of esters is 1. The number of methoxy groups -OCH3 is 1. The quantitative estimate of drug-likeness (QED) is 0.613. The van der Waals surface area contributed by atoms with Crippen LogP contribution in [0, 0.1) is 6.92 Å². The van der Waals surface area contributed by atoms with Crippen LogP contribution in [0.5, 0.6) is 0 Å². The first-order valence-electron chi connectivity index (χ1n) is 10.2. The van der Waals surface area contributed by atoms with Crippen LogP contribution >= 0.6 is 11.6 Å². The highest BCUT2D eigenvalue weighted by Gasteiger charge is 2.66. The molecule has 0 unspecified atom stereocenters. The maximum atomic E-state index is 13.0. The lowest BCUT2D eigenvalue weighted by atomic mass is 9.88. The van der Waals surface area contributed by atoms with Crippen LogP contribution in [0.1, 0.15) is 48.4 Å². The maximum Gasteiger partial charge on any atom is 0.338 e. The Morgan fingerprint density at radius 1 is 1.13 bits per heavy atom. The van der Waals surface area contributed by atoms with E-state index in [4.69, 9.17) is 35.3 Å². The van der Waals surface area contributed by atoms with Gasteiger partial charge in [-0.3, -0.25) is 0 Å². The van der Waals surface area contributed by atoms with Gasteiger partial charge in [-0.2, -0.15) is 0 Å². The smallest absolute Gasteiger partial charge is 0.338 e. The number of aryl methyl sites for hydroxylation is 1. The zero-order chi connectivity index (χ0) is 22.4. The van der Waals surface area contributed by atoms with Crippen molar-refractivity contribution >= 4 is 17.6 Å². The molecule has 0 saturated carbocycles. The molecule has 0 spiro atoms. The second-order valence-electron chi connectivity index (χ2n) is 8.59. The number of hydrogen-bond acceptors (Lipinski definition) is 6. The molecule has 2 aliphatic rings. The van der Waals surface area contributed by atoms with Gasteiger partial charge >= 0.3 is 5.97 Å². The van der Waals surface area contributed by atoms with Gasteiger partial charge in [0.2, 0.25) is 0 Å². The third-order valence-electron chi connectivity index (χ3n) is 5.81. The van der Waals surface area contributed by atoms with Gasteiger partial charge in [-0.1, -0.05) is 41.9 Å². The molecule has 0 N–H and O–H groups in total. The number of carbonyl (C=O) groups excluding carboxylic acids is 1. The average Bonchev–Trinajstić information content (AvgIpc) is 3.13. The number of carbonyl (C=O) groups is 1. The summed E-state index contributed by atoms with van der Waals surface area (Å²) in [5, 5.41) is 0.574. The van der Waals surface area contributed by atoms with Crippen LogP contribution in [-0.2, 0) is 23.7 Å². The predicted octanol–water partition coefficient (Wildman–Crippen LogP) is 4.83. The van der Waals surface area contributed by atoms with E-state index >= 15 is 0 Å². The van der Waals surface area contributed by atoms with Crippen molar-refractivity contribution in [2.75, 3.05) is 7.11 Å². The standard InChI is InChI=1S/C24H27ClO6/c1-14-11-12-16(13-17(14)25)18(28-21(26)15-9-7-6-8-10-15)19-24(4)20(22(27-5)29-19)30-23(2,3)31-24/h6-13,18-20,22H,1-5H3/t18-,19-,20+,22-,24-/m1/s1. The second-order valence-corrected chi connectivity index (χ2v) is 8.99. The molecule has 166 valence electrons. The van der Waals surface area contributed by atoms with Crippen molar-refractivity contribution in [3.05, 3.63) is 70.2 Å². The molecule has 31 heavy (non-hydrogen) atoms. The molecule has 2 aromatic carbocycles. The average molecular weight is 447 g/mol. The number of benzene rings is 2. The van der Waals surface area contributed by atoms with Crippen LogP contribution in [0.25, 0.3) is 0 Å². The highest BCUT2D eigenvalue weighted by atomic mass is 35.5. The van der Waals surface area contributed by atoms with Crippen molar-refractivity contribution < 1.29 is 28.5 Å². The molecular formula is C24H27ClO6. The number of fused-ring (bicyclic) bond motifs is 1. The molecule has 2 heterocycles. The van der Waals surface area contributed by atoms with Crippen molar-refractivity contribution in [2.45, 2.75) is 63.7 Å². The zero-order valence-corrected chi connectivity index (χ0v) is 19.0. The van der Waals surface area contributed by atoms with Gasteiger partial charge in [0.1, 0.15) is 17.8 Å². The lowest BCUT2D eigenvalue weighted by Crippen LogP contribution is -2.47. The van der Waals surface area contributed by atoms with Crippen molar-refractivity contribution in [1.82, 2.24) is 0 Å². The van der Waals surface area contributed by atoms with Crippen LogP contribution < -0.4 is 0 Å². The normalized spacial score (nSPS) is 30.1. The molecule has 0 aliphatic carbocycles. The molecule has 0 aromatic heterocycles. The van der Waals surface area contributed by atoms with Crippen molar-refractivity contribution in [1.29, 1.82) is 0 Å². The molecule has 7 heteroatoms. The minimum absolute atomic E-state index is 0.442. The topological polar surface area (TPSA) is 63.2 Å². The molecule has 0 bridgehead atoms. The van der Waals surface area contributed by atoms with E-state index in [2.05, 4.69) is 0 Å². The van der Waals surface area contributed by atoms with Crippen LogP contribution in [0.3, 0.4) is 0 Å². The Balaban J connectivity index is 1.75. The molecular weight excluding hydrogens is 420 g/mol. The number of ether oxygens (including phenoxy) is 5. The maximum absolute atomic E-state index is 13.0. The summed E-state index contributed by atoms with van der Waals surface area (Å²) in [5.74, 6) is -1.30. The van der Waals surface area contributed by atoms with Gasteiger partial charge in [-0.15, -0.1) is 0 Å². The Labute approximate surface area is 187 Å². The molecule has 2 saturated heterocycles. The molecule has 2 aromatic rings. The van der Waals surface area contributed by atoms with Crippen LogP contribution in [0.15, 0.2) is 48.5 Å². The van der Waals surface area contributed by atoms with Gasteiger partial charge in [-0.05, 0) is 57.0 Å². The zero-order valence-electron chi connectivity index (χ0n) is 18.3. The minimum atomic E-state index is -0.914. The number of halogens is 1. The highest BCUT2D eigenvalue weighted by molar-refractivity contribution is 6.31. The van der Waals surface area contributed by atoms with E-state index in [1.165, 1.54) is 0 Å². The first-order chi connectivity index (χ1) is 14.6. The Kier molecular flexibility index (Phi) is 5.87. The van der Waals surface area contributed by atoms with Gasteiger partial charge in [-0.25, -0.2) is 4.79 Å². The fraction of sp³-hybridized carbons (Fsp3) is 0.458. The van der Waals surface area contributed by atoms with E-state index in [1.54, 1.807) is 37.4 Å². The molecule has 6 nitrogen and oxygen atoms in total. The molecule has 2 aliphatic heterocycles. The predicted molar refractivity (Wildman–Crippen MR) is 115 cm³/mol. The SMILES string of the molecule is CO[C@@H]1O[C@H]([C@H](OC(=O)c2ccccc2)c2ccc(C)c(Cl)c2)[C@@]2(C)OC(C)(C)O[C@@H]12. The van der Waals surface area contributed by atoms with Gasteiger partial charge in [0.25, 0.3) is 0 Å². The van der Waals surface area contributed by atoms with Gasteiger partial charge in [0.05, 0.1) is 5.56 Å². The summed E-state index contributed by atoms with van der Waals surface area (Å²) in [6, 6.07) is 14.4. The van der Waals surface area contributed by atoms with Crippen molar-refractivity contribution in [3.63, 3.8) is 0 Å². The van der Waals surface area contributed by atoms with E-state index in [1.807, 2.05) is 45.9 Å². The van der Waals surface area contributed by atoms with E-state index in [9.17, 15) is 4.79 Å². The molecule has 5 atom stereocenters. The fourth-order valence-corrected chi connectivity index (χ4v) is 4.52. The monoisotopic (exact) mass is 446 g/mol. The van der Waals surface area contributed by atoms with Crippen LogP contribution in [-0.4, -0.2) is 43.0 Å².